The van der Waals surface area contributed by atoms with Crippen molar-refractivity contribution in [1.82, 2.24) is 21.3 Å². The van der Waals surface area contributed by atoms with Gasteiger partial charge in [-0.25, -0.2) is 9.59 Å². The maximum atomic E-state index is 13.1. The molecule has 2 atom stereocenters. The van der Waals surface area contributed by atoms with E-state index in [9.17, 15) is 29.1 Å². The molecule has 232 valence electrons. The molecule has 1 aromatic heterocycles. The summed E-state index contributed by atoms with van der Waals surface area (Å²) in [5.41, 5.74) is 5.24. The monoisotopic (exact) mass is 611 g/mol. The second-order valence-electron chi connectivity index (χ2n) is 10.2. The standard InChI is InChI=1S/C26H37N7O8.ClH/c1-14-10-21(36)40-19-11-15(7-8-16(14)19)31-23(38)17(6-5-9-29-24(27)28)32-20(35)12-30-22(37)18(13-34)33-25(39)41-26(2,3)4;/h7-8,10-11,17-18,34H,5-6,9,12-13H2,1-4H3,(H,30,37)(H,31,38)(H,32,35)(H,33,39)(H4,27,28,29);1H/t17-,18-;/m0./s1. The Labute approximate surface area is 248 Å². The number of guanidine groups is 1. The molecular formula is C26H38ClN7O8. The van der Waals surface area contributed by atoms with Crippen LogP contribution in [0.1, 0.15) is 39.2 Å². The predicted molar refractivity (Wildman–Crippen MR) is 157 cm³/mol. The number of aliphatic hydroxyl groups is 1. The van der Waals surface area contributed by atoms with Gasteiger partial charge >= 0.3 is 11.7 Å². The van der Waals surface area contributed by atoms with Crippen molar-refractivity contribution in [3.63, 3.8) is 0 Å². The van der Waals surface area contributed by atoms with Gasteiger partial charge in [-0.05, 0) is 58.2 Å². The second kappa shape index (κ2) is 16.2. The number of benzene rings is 1. The Kier molecular flexibility index (Phi) is 13.7. The summed E-state index contributed by atoms with van der Waals surface area (Å²) in [5.74, 6) is -2.38. The first-order chi connectivity index (χ1) is 19.2. The Balaban J connectivity index is 0.00000882. The summed E-state index contributed by atoms with van der Waals surface area (Å²) in [4.78, 5) is 61.8. The quantitative estimate of drug-likeness (QED) is 0.0702. The molecule has 0 aliphatic rings. The summed E-state index contributed by atoms with van der Waals surface area (Å²) < 4.78 is 10.3. The lowest BCUT2D eigenvalue weighted by Gasteiger charge is -2.22. The summed E-state index contributed by atoms with van der Waals surface area (Å²) in [6.07, 6.45) is -0.426. The highest BCUT2D eigenvalue weighted by molar-refractivity contribution is 5.99. The van der Waals surface area contributed by atoms with Crippen LogP contribution >= 0.6 is 12.4 Å². The summed E-state index contributed by atoms with van der Waals surface area (Å²) in [6, 6.07) is 3.73. The average molecular weight is 612 g/mol. The molecule has 4 amide bonds. The molecule has 0 aliphatic carbocycles. The van der Waals surface area contributed by atoms with Crippen LogP contribution in [0, 0.1) is 12.3 Å². The molecule has 9 N–H and O–H groups in total. The summed E-state index contributed by atoms with van der Waals surface area (Å²) in [7, 11) is 0. The molecule has 42 heavy (non-hydrogen) atoms. The highest BCUT2D eigenvalue weighted by atomic mass is 35.5. The van der Waals surface area contributed by atoms with Crippen molar-refractivity contribution >= 4 is 58.8 Å². The zero-order valence-electron chi connectivity index (χ0n) is 23.8. The van der Waals surface area contributed by atoms with Gasteiger partial charge in [-0.3, -0.25) is 19.8 Å². The fraction of sp³-hybridized carbons (Fsp3) is 0.462. The van der Waals surface area contributed by atoms with Crippen LogP contribution in [-0.2, 0) is 19.1 Å². The van der Waals surface area contributed by atoms with Crippen LogP contribution in [0.2, 0.25) is 0 Å². The molecule has 0 saturated heterocycles. The van der Waals surface area contributed by atoms with Crippen LogP contribution in [0.15, 0.2) is 33.5 Å². The van der Waals surface area contributed by atoms with Crippen molar-refractivity contribution < 1.29 is 33.4 Å². The van der Waals surface area contributed by atoms with Crippen LogP contribution in [0.4, 0.5) is 10.5 Å². The normalized spacial score (nSPS) is 12.2. The molecule has 1 aromatic carbocycles. The van der Waals surface area contributed by atoms with Crippen molar-refractivity contribution in [2.24, 2.45) is 5.73 Å². The van der Waals surface area contributed by atoms with Crippen LogP contribution in [0.25, 0.3) is 11.0 Å². The minimum absolute atomic E-state index is 0. The Morgan fingerprint density at radius 3 is 2.38 bits per heavy atom. The summed E-state index contributed by atoms with van der Waals surface area (Å²) in [6.45, 7) is 5.62. The van der Waals surface area contributed by atoms with Crippen molar-refractivity contribution in [2.45, 2.75) is 58.2 Å². The van der Waals surface area contributed by atoms with Crippen LogP contribution < -0.4 is 37.9 Å². The molecule has 0 bridgehead atoms. The summed E-state index contributed by atoms with van der Waals surface area (Å²) >= 11 is 0. The van der Waals surface area contributed by atoms with Gasteiger partial charge < -0.3 is 46.6 Å². The number of halogens is 1. The molecular weight excluding hydrogens is 574 g/mol. The van der Waals surface area contributed by atoms with E-state index in [1.165, 1.54) is 12.1 Å². The molecule has 0 aliphatic heterocycles. The number of nitrogens with one attached hydrogen (secondary N) is 6. The number of carbonyl (C=O) groups is 4. The fourth-order valence-electron chi connectivity index (χ4n) is 3.61. The first-order valence-electron chi connectivity index (χ1n) is 12.8. The Hall–Kier alpha value is -4.37. The van der Waals surface area contributed by atoms with Crippen LogP contribution in [-0.4, -0.2) is 72.3 Å². The zero-order valence-corrected chi connectivity index (χ0v) is 24.6. The number of ether oxygens (including phenoxy) is 1. The van der Waals surface area contributed by atoms with Crippen molar-refractivity contribution in [3.05, 3.63) is 40.2 Å². The van der Waals surface area contributed by atoms with Gasteiger partial charge in [-0.15, -0.1) is 12.4 Å². The maximum absolute atomic E-state index is 13.1. The number of aryl methyl sites for hydroxylation is 1. The van der Waals surface area contributed by atoms with E-state index in [2.05, 4.69) is 26.6 Å². The molecule has 15 nitrogen and oxygen atoms in total. The topological polar surface area (TPSA) is 238 Å². The van der Waals surface area contributed by atoms with Gasteiger partial charge in [0.05, 0.1) is 13.2 Å². The number of carbonyl (C=O) groups excluding carboxylic acids is 4. The molecule has 16 heteroatoms. The lowest BCUT2D eigenvalue weighted by Crippen LogP contribution is -2.53. The van der Waals surface area contributed by atoms with E-state index >= 15 is 0 Å². The number of amides is 4. The number of aliphatic hydroxyl groups excluding tert-OH is 1. The molecule has 2 aromatic rings. The molecule has 0 unspecified atom stereocenters. The van der Waals surface area contributed by atoms with Gasteiger partial charge in [0.2, 0.25) is 17.7 Å². The van der Waals surface area contributed by atoms with Gasteiger partial charge in [-0.2, -0.15) is 0 Å². The Morgan fingerprint density at radius 1 is 1.07 bits per heavy atom. The third-order valence-corrected chi connectivity index (χ3v) is 5.47. The van der Waals surface area contributed by atoms with Crippen molar-refractivity contribution in [1.29, 1.82) is 5.41 Å². The maximum Gasteiger partial charge on any atom is 0.408 e. The Morgan fingerprint density at radius 2 is 1.76 bits per heavy atom. The van der Waals surface area contributed by atoms with Crippen LogP contribution in [0.3, 0.4) is 0 Å². The minimum atomic E-state index is -1.37. The first-order valence-corrected chi connectivity index (χ1v) is 12.8. The number of anilines is 1. The molecule has 0 fully saturated rings. The van der Waals surface area contributed by atoms with E-state index in [4.69, 9.17) is 20.3 Å². The van der Waals surface area contributed by atoms with Gasteiger partial charge in [-0.1, -0.05) is 0 Å². The number of nitrogens with two attached hydrogens (primary N) is 1. The third-order valence-electron chi connectivity index (χ3n) is 5.47. The van der Waals surface area contributed by atoms with E-state index in [0.717, 1.165) is 0 Å². The number of alkyl carbamates (subject to hydrolysis) is 1. The Bertz CT molecular complexity index is 1340. The first kappa shape index (κ1) is 35.7. The second-order valence-corrected chi connectivity index (χ2v) is 10.2. The van der Waals surface area contributed by atoms with E-state index in [0.29, 0.717) is 23.1 Å². The molecule has 1 heterocycles. The number of rotatable bonds is 12. The smallest absolute Gasteiger partial charge is 0.408 e. The summed E-state index contributed by atoms with van der Waals surface area (Å²) in [5, 5.41) is 29.8. The van der Waals surface area contributed by atoms with E-state index in [1.54, 1.807) is 39.8 Å². The molecule has 0 radical (unpaired) electrons. The lowest BCUT2D eigenvalue weighted by atomic mass is 10.1. The van der Waals surface area contributed by atoms with Gasteiger partial charge in [0.1, 0.15) is 23.3 Å². The number of fused-ring (bicyclic) bond motifs is 1. The molecule has 0 spiro atoms. The number of hydrogen-bond donors (Lipinski definition) is 8. The van der Waals surface area contributed by atoms with Crippen molar-refractivity contribution in [2.75, 3.05) is 25.0 Å². The minimum Gasteiger partial charge on any atom is -0.444 e. The van der Waals surface area contributed by atoms with Gasteiger partial charge in [0.15, 0.2) is 5.96 Å². The fourth-order valence-corrected chi connectivity index (χ4v) is 3.61. The zero-order chi connectivity index (χ0) is 30.7. The molecule has 0 saturated carbocycles. The average Bonchev–Trinajstić information content (AvgIpc) is 2.86. The highest BCUT2D eigenvalue weighted by Gasteiger charge is 2.25. The predicted octanol–water partition coefficient (Wildman–Crippen LogP) is 0.212. The van der Waals surface area contributed by atoms with Gasteiger partial charge in [0, 0.05) is 29.8 Å². The van der Waals surface area contributed by atoms with Crippen molar-refractivity contribution in [3.8, 4) is 0 Å². The van der Waals surface area contributed by atoms with E-state index in [1.807, 2.05) is 0 Å². The highest BCUT2D eigenvalue weighted by Crippen LogP contribution is 2.21. The van der Waals surface area contributed by atoms with E-state index in [-0.39, 0.29) is 36.9 Å². The lowest BCUT2D eigenvalue weighted by molar-refractivity contribution is -0.129. The molecule has 2 rings (SSSR count). The van der Waals surface area contributed by atoms with Gasteiger partial charge in [0.25, 0.3) is 0 Å². The van der Waals surface area contributed by atoms with E-state index < -0.39 is 60.3 Å². The largest absolute Gasteiger partial charge is 0.444 e. The number of hydrogen-bond acceptors (Lipinski definition) is 9. The third kappa shape index (κ3) is 12.0. The van der Waals surface area contributed by atoms with Crippen LogP contribution in [0.5, 0.6) is 0 Å². The SMILES string of the molecule is Cc1cc(=O)oc2cc(NC(=O)[C@H](CCCNC(=N)N)NC(=O)CNC(=O)[C@H](CO)NC(=O)OC(C)(C)C)ccc12.Cl.